The summed E-state index contributed by atoms with van der Waals surface area (Å²) in [5, 5.41) is 7.46. The van der Waals surface area contributed by atoms with Crippen LogP contribution in [0.15, 0.2) is 36.7 Å². The Bertz CT molecular complexity index is 748. The number of allylic oxidation sites excluding steroid dienone is 1. The highest BCUT2D eigenvalue weighted by atomic mass is 35.5. The SMILES string of the molecule is Cn1ncc(N/C=C/C(=O)c2cc(Cl)cc(Cl)c2)c1C(N)=O. The van der Waals surface area contributed by atoms with Crippen molar-refractivity contribution in [1.29, 1.82) is 0 Å². The molecule has 0 atom stereocenters. The molecule has 0 spiro atoms. The van der Waals surface area contributed by atoms with Gasteiger partial charge in [0, 0.05) is 34.9 Å². The third-order valence-electron chi connectivity index (χ3n) is 2.79. The van der Waals surface area contributed by atoms with Crippen LogP contribution < -0.4 is 11.1 Å². The lowest BCUT2D eigenvalue weighted by molar-refractivity contribution is 0.0991. The number of amides is 1. The van der Waals surface area contributed by atoms with Gasteiger partial charge in [0.1, 0.15) is 5.69 Å². The minimum absolute atomic E-state index is 0.211. The molecule has 2 aromatic rings. The predicted octanol–water partition coefficient (Wildman–Crippen LogP) is 2.63. The van der Waals surface area contributed by atoms with Gasteiger partial charge in [-0.25, -0.2) is 0 Å². The van der Waals surface area contributed by atoms with Gasteiger partial charge in [0.15, 0.2) is 5.78 Å². The zero-order valence-electron chi connectivity index (χ0n) is 11.5. The number of primary amides is 1. The van der Waals surface area contributed by atoms with Crippen LogP contribution in [0.4, 0.5) is 5.69 Å². The van der Waals surface area contributed by atoms with Crippen molar-refractivity contribution in [2.45, 2.75) is 0 Å². The molecule has 0 fully saturated rings. The molecular weight excluding hydrogens is 327 g/mol. The number of aromatic nitrogens is 2. The van der Waals surface area contributed by atoms with E-state index in [9.17, 15) is 9.59 Å². The number of carbonyl (C=O) groups excluding carboxylic acids is 2. The Morgan fingerprint density at radius 3 is 2.50 bits per heavy atom. The van der Waals surface area contributed by atoms with Crippen molar-refractivity contribution >= 4 is 40.6 Å². The molecule has 0 aliphatic rings. The molecule has 1 aromatic carbocycles. The summed E-state index contributed by atoms with van der Waals surface area (Å²) in [6.07, 6.45) is 4.12. The van der Waals surface area contributed by atoms with Crippen LogP contribution in [0.5, 0.6) is 0 Å². The van der Waals surface area contributed by atoms with E-state index in [1.165, 1.54) is 41.4 Å². The molecule has 0 saturated carbocycles. The second-order valence-electron chi connectivity index (χ2n) is 4.39. The number of hydrogen-bond acceptors (Lipinski definition) is 4. The van der Waals surface area contributed by atoms with E-state index in [0.717, 1.165) is 0 Å². The smallest absolute Gasteiger partial charge is 0.269 e. The van der Waals surface area contributed by atoms with E-state index in [0.29, 0.717) is 21.3 Å². The number of hydrogen-bond donors (Lipinski definition) is 2. The summed E-state index contributed by atoms with van der Waals surface area (Å²) in [6, 6.07) is 4.56. The van der Waals surface area contributed by atoms with Crippen molar-refractivity contribution in [3.8, 4) is 0 Å². The number of aryl methyl sites for hydroxylation is 1. The highest BCUT2D eigenvalue weighted by Crippen LogP contribution is 2.19. The van der Waals surface area contributed by atoms with Gasteiger partial charge in [-0.05, 0) is 18.2 Å². The van der Waals surface area contributed by atoms with Crippen LogP contribution in [-0.2, 0) is 7.05 Å². The largest absolute Gasteiger partial charge is 0.364 e. The number of nitrogens with one attached hydrogen (secondary N) is 1. The standard InChI is InChI=1S/C14H12Cl2N4O2/c1-20-13(14(17)22)11(7-19-20)18-3-2-12(21)8-4-9(15)6-10(16)5-8/h2-7,18H,1H3,(H2,17,22)/b3-2+. The van der Waals surface area contributed by atoms with E-state index in [4.69, 9.17) is 28.9 Å². The van der Waals surface area contributed by atoms with E-state index >= 15 is 0 Å². The van der Waals surface area contributed by atoms with Gasteiger partial charge < -0.3 is 11.1 Å². The van der Waals surface area contributed by atoms with Gasteiger partial charge in [-0.3, -0.25) is 14.3 Å². The Balaban J connectivity index is 2.13. The molecule has 1 heterocycles. The summed E-state index contributed by atoms with van der Waals surface area (Å²) in [6.45, 7) is 0. The highest BCUT2D eigenvalue weighted by molar-refractivity contribution is 6.35. The zero-order valence-corrected chi connectivity index (χ0v) is 13.0. The van der Waals surface area contributed by atoms with Crippen LogP contribution in [0, 0.1) is 0 Å². The number of ketones is 1. The Kier molecular flexibility index (Phi) is 4.85. The topological polar surface area (TPSA) is 90.0 Å². The first-order valence-corrected chi connectivity index (χ1v) is 6.89. The first kappa shape index (κ1) is 16.1. The van der Waals surface area contributed by atoms with Crippen molar-refractivity contribution in [2.24, 2.45) is 12.8 Å². The van der Waals surface area contributed by atoms with Gasteiger partial charge in [-0.2, -0.15) is 5.10 Å². The third kappa shape index (κ3) is 3.66. The van der Waals surface area contributed by atoms with Gasteiger partial charge in [0.25, 0.3) is 5.91 Å². The summed E-state index contributed by atoms with van der Waals surface area (Å²) in [7, 11) is 1.59. The predicted molar refractivity (Wildman–Crippen MR) is 85.3 cm³/mol. The van der Waals surface area contributed by atoms with Crippen LogP contribution in [0.25, 0.3) is 0 Å². The van der Waals surface area contributed by atoms with Gasteiger partial charge in [0.05, 0.1) is 11.9 Å². The van der Waals surface area contributed by atoms with Crippen molar-refractivity contribution < 1.29 is 9.59 Å². The lowest BCUT2D eigenvalue weighted by atomic mass is 10.1. The number of nitrogens with zero attached hydrogens (tertiary/aromatic N) is 2. The van der Waals surface area contributed by atoms with Crippen LogP contribution in [0.3, 0.4) is 0 Å². The molecule has 1 aromatic heterocycles. The lowest BCUT2D eigenvalue weighted by Gasteiger charge is -2.02. The molecule has 0 bridgehead atoms. The zero-order chi connectivity index (χ0) is 16.3. The van der Waals surface area contributed by atoms with Gasteiger partial charge in [-0.1, -0.05) is 23.2 Å². The quantitative estimate of drug-likeness (QED) is 0.647. The van der Waals surface area contributed by atoms with Crippen molar-refractivity contribution in [1.82, 2.24) is 9.78 Å². The molecule has 6 nitrogen and oxygen atoms in total. The molecule has 8 heteroatoms. The number of benzene rings is 1. The first-order chi connectivity index (χ1) is 10.4. The van der Waals surface area contributed by atoms with Crippen LogP contribution in [0.2, 0.25) is 10.0 Å². The average Bonchev–Trinajstić information content (AvgIpc) is 2.78. The molecule has 0 unspecified atom stereocenters. The third-order valence-corrected chi connectivity index (χ3v) is 3.23. The van der Waals surface area contributed by atoms with E-state index in [-0.39, 0.29) is 11.5 Å². The van der Waals surface area contributed by atoms with Gasteiger partial charge in [0.2, 0.25) is 0 Å². The fourth-order valence-corrected chi connectivity index (χ4v) is 2.36. The normalized spacial score (nSPS) is 10.9. The number of nitrogens with two attached hydrogens (primary N) is 1. The van der Waals surface area contributed by atoms with Crippen LogP contribution in [-0.4, -0.2) is 21.5 Å². The Morgan fingerprint density at radius 1 is 1.27 bits per heavy atom. The van der Waals surface area contributed by atoms with E-state index in [2.05, 4.69) is 10.4 Å². The maximum atomic E-state index is 12.0. The molecule has 0 aliphatic carbocycles. The Labute approximate surface area is 136 Å². The Hall–Kier alpha value is -2.31. The fraction of sp³-hybridized carbons (Fsp3) is 0.0714. The monoisotopic (exact) mass is 338 g/mol. The first-order valence-electron chi connectivity index (χ1n) is 6.14. The van der Waals surface area contributed by atoms with Crippen molar-refractivity contribution in [3.05, 3.63) is 58.0 Å². The maximum absolute atomic E-state index is 12.0. The molecule has 0 saturated heterocycles. The van der Waals surface area contributed by atoms with Gasteiger partial charge >= 0.3 is 0 Å². The van der Waals surface area contributed by atoms with E-state index in [1.54, 1.807) is 7.05 Å². The molecule has 1 amide bonds. The maximum Gasteiger partial charge on any atom is 0.269 e. The summed E-state index contributed by atoms with van der Waals surface area (Å²) in [5.74, 6) is -0.912. The van der Waals surface area contributed by atoms with Crippen molar-refractivity contribution in [2.75, 3.05) is 5.32 Å². The number of carbonyl (C=O) groups is 2. The van der Waals surface area contributed by atoms with Crippen molar-refractivity contribution in [3.63, 3.8) is 0 Å². The molecular formula is C14H12Cl2N4O2. The minimum Gasteiger partial charge on any atom is -0.364 e. The molecule has 22 heavy (non-hydrogen) atoms. The van der Waals surface area contributed by atoms with Crippen LogP contribution >= 0.6 is 23.2 Å². The van der Waals surface area contributed by atoms with E-state index < -0.39 is 5.91 Å². The lowest BCUT2D eigenvalue weighted by Crippen LogP contribution is -2.17. The molecule has 114 valence electrons. The highest BCUT2D eigenvalue weighted by Gasteiger charge is 2.12. The Morgan fingerprint density at radius 2 is 1.91 bits per heavy atom. The second-order valence-corrected chi connectivity index (χ2v) is 5.27. The molecule has 2 rings (SSSR count). The molecule has 3 N–H and O–H groups in total. The summed E-state index contributed by atoms with van der Waals surface area (Å²) < 4.78 is 1.34. The number of rotatable bonds is 5. The summed E-state index contributed by atoms with van der Waals surface area (Å²) >= 11 is 11.7. The average molecular weight is 339 g/mol. The second kappa shape index (κ2) is 6.64. The minimum atomic E-state index is -0.621. The fourth-order valence-electron chi connectivity index (χ4n) is 1.83. The summed E-state index contributed by atoms with van der Waals surface area (Å²) in [5.41, 5.74) is 6.23. The molecule has 0 radical (unpaired) electrons. The van der Waals surface area contributed by atoms with Gasteiger partial charge in [-0.15, -0.1) is 0 Å². The molecule has 0 aliphatic heterocycles. The van der Waals surface area contributed by atoms with Crippen LogP contribution in [0.1, 0.15) is 20.8 Å². The number of anilines is 1. The summed E-state index contributed by atoms with van der Waals surface area (Å²) in [4.78, 5) is 23.3. The number of halogens is 2. The van der Waals surface area contributed by atoms with E-state index in [1.807, 2.05) is 0 Å².